The van der Waals surface area contributed by atoms with Crippen LogP contribution in [0.5, 0.6) is 5.75 Å². The first-order valence-electron chi connectivity index (χ1n) is 5.12. The predicted molar refractivity (Wildman–Crippen MR) is 65.7 cm³/mol. The van der Waals surface area contributed by atoms with Crippen molar-refractivity contribution < 1.29 is 17.9 Å². The van der Waals surface area contributed by atoms with Crippen LogP contribution in [-0.2, 0) is 0 Å². The van der Waals surface area contributed by atoms with Crippen LogP contribution in [0, 0.1) is 0 Å². The molecule has 2 aromatic rings. The number of anilines is 3. The van der Waals surface area contributed by atoms with E-state index < -0.39 is 6.36 Å². The molecule has 0 unspecified atom stereocenters. The first kappa shape index (κ1) is 14.1. The molecule has 2 rings (SSSR count). The number of aromatic nitrogens is 3. The Morgan fingerprint density at radius 3 is 2.60 bits per heavy atom. The van der Waals surface area contributed by atoms with Crippen LogP contribution in [0.15, 0.2) is 24.3 Å². The molecule has 1 heterocycles. The van der Waals surface area contributed by atoms with Gasteiger partial charge in [-0.2, -0.15) is 15.0 Å². The molecule has 0 spiro atoms. The first-order valence-corrected chi connectivity index (χ1v) is 5.49. The maximum atomic E-state index is 12.1. The Hall–Kier alpha value is -2.29. The highest BCUT2D eigenvalue weighted by molar-refractivity contribution is 6.28. The maximum Gasteiger partial charge on any atom is 0.573 e. The van der Waals surface area contributed by atoms with Gasteiger partial charge in [0.25, 0.3) is 0 Å². The highest BCUT2D eigenvalue weighted by Crippen LogP contribution is 2.26. The summed E-state index contributed by atoms with van der Waals surface area (Å²) in [7, 11) is 0. The van der Waals surface area contributed by atoms with E-state index in [4.69, 9.17) is 17.3 Å². The van der Waals surface area contributed by atoms with Gasteiger partial charge in [0.2, 0.25) is 17.2 Å². The number of nitrogens with two attached hydrogens (primary N) is 1. The standard InChI is InChI=1S/C10H7ClF3N5O/c11-7-17-8(15)19-9(18-7)16-5-2-1-3-6(4-5)20-10(12,13)14/h1-4H,(H3,15,16,17,18,19). The summed E-state index contributed by atoms with van der Waals surface area (Å²) in [5.74, 6) is -0.488. The molecule has 0 fully saturated rings. The number of nitrogens with zero attached hydrogens (tertiary/aromatic N) is 3. The summed E-state index contributed by atoms with van der Waals surface area (Å²) in [6, 6.07) is 5.15. The van der Waals surface area contributed by atoms with E-state index in [1.54, 1.807) is 0 Å². The fraction of sp³-hybridized carbons (Fsp3) is 0.100. The normalized spacial score (nSPS) is 11.2. The molecule has 0 radical (unpaired) electrons. The third kappa shape index (κ3) is 4.12. The number of ether oxygens (including phenoxy) is 1. The summed E-state index contributed by atoms with van der Waals surface area (Å²) in [5, 5.41) is 2.50. The molecule has 1 aromatic carbocycles. The molecule has 6 nitrogen and oxygen atoms in total. The SMILES string of the molecule is Nc1nc(Cl)nc(Nc2cccc(OC(F)(F)F)c2)n1. The van der Waals surface area contributed by atoms with Gasteiger partial charge in [-0.15, -0.1) is 13.2 Å². The van der Waals surface area contributed by atoms with Gasteiger partial charge < -0.3 is 15.8 Å². The lowest BCUT2D eigenvalue weighted by Crippen LogP contribution is -2.17. The molecule has 3 N–H and O–H groups in total. The van der Waals surface area contributed by atoms with Crippen molar-refractivity contribution in [3.63, 3.8) is 0 Å². The summed E-state index contributed by atoms with van der Waals surface area (Å²) in [5.41, 5.74) is 5.64. The molecular weight excluding hydrogens is 299 g/mol. The lowest BCUT2D eigenvalue weighted by molar-refractivity contribution is -0.274. The molecule has 0 amide bonds. The van der Waals surface area contributed by atoms with E-state index in [1.165, 1.54) is 12.1 Å². The van der Waals surface area contributed by atoms with Gasteiger partial charge in [-0.25, -0.2) is 0 Å². The number of hydrogen-bond acceptors (Lipinski definition) is 6. The smallest absolute Gasteiger partial charge is 0.406 e. The van der Waals surface area contributed by atoms with E-state index in [0.29, 0.717) is 0 Å². The Morgan fingerprint density at radius 2 is 1.95 bits per heavy atom. The third-order valence-electron chi connectivity index (χ3n) is 1.95. The summed E-state index contributed by atoms with van der Waals surface area (Å²) in [6.45, 7) is 0. The number of nitrogen functional groups attached to an aromatic ring is 1. The van der Waals surface area contributed by atoms with Gasteiger partial charge in [-0.3, -0.25) is 0 Å². The van der Waals surface area contributed by atoms with Gasteiger partial charge in [-0.05, 0) is 23.7 Å². The summed E-state index contributed by atoms with van der Waals surface area (Å²) in [6.07, 6.45) is -4.76. The van der Waals surface area contributed by atoms with E-state index in [0.717, 1.165) is 12.1 Å². The number of alkyl halides is 3. The van der Waals surface area contributed by atoms with E-state index in [1.807, 2.05) is 0 Å². The van der Waals surface area contributed by atoms with Crippen molar-refractivity contribution in [3.8, 4) is 5.75 Å². The van der Waals surface area contributed by atoms with Crippen molar-refractivity contribution >= 4 is 29.2 Å². The zero-order valence-electron chi connectivity index (χ0n) is 9.65. The van der Waals surface area contributed by atoms with Crippen molar-refractivity contribution in [1.82, 2.24) is 15.0 Å². The van der Waals surface area contributed by atoms with Crippen LogP contribution in [0.3, 0.4) is 0 Å². The monoisotopic (exact) mass is 305 g/mol. The van der Waals surface area contributed by atoms with Gasteiger partial charge in [-0.1, -0.05) is 6.07 Å². The molecule has 10 heteroatoms. The molecule has 1 aromatic heterocycles. The third-order valence-corrected chi connectivity index (χ3v) is 2.12. The second-order valence-corrected chi connectivity index (χ2v) is 3.82. The first-order chi connectivity index (χ1) is 9.32. The lowest BCUT2D eigenvalue weighted by atomic mass is 10.3. The molecular formula is C10H7ClF3N5O. The van der Waals surface area contributed by atoms with Gasteiger partial charge in [0, 0.05) is 11.8 Å². The fourth-order valence-corrected chi connectivity index (χ4v) is 1.49. The average Bonchev–Trinajstić information content (AvgIpc) is 2.25. The predicted octanol–water partition coefficient (Wildman–Crippen LogP) is 2.75. The second kappa shape index (κ2) is 5.37. The van der Waals surface area contributed by atoms with Gasteiger partial charge >= 0.3 is 6.36 Å². The van der Waals surface area contributed by atoms with Gasteiger partial charge in [0.15, 0.2) is 0 Å². The number of rotatable bonds is 3. The van der Waals surface area contributed by atoms with Crippen molar-refractivity contribution in [2.75, 3.05) is 11.1 Å². The van der Waals surface area contributed by atoms with Crippen LogP contribution in [0.25, 0.3) is 0 Å². The summed E-state index contributed by atoms with van der Waals surface area (Å²) < 4.78 is 40.1. The van der Waals surface area contributed by atoms with Crippen molar-refractivity contribution in [3.05, 3.63) is 29.5 Å². The van der Waals surface area contributed by atoms with Crippen LogP contribution in [-0.4, -0.2) is 21.3 Å². The van der Waals surface area contributed by atoms with E-state index in [-0.39, 0.29) is 28.6 Å². The quantitative estimate of drug-likeness (QED) is 0.907. The molecule has 0 bridgehead atoms. The molecule has 106 valence electrons. The van der Waals surface area contributed by atoms with Gasteiger partial charge in [0.05, 0.1) is 0 Å². The molecule has 0 aliphatic heterocycles. The van der Waals surface area contributed by atoms with Crippen molar-refractivity contribution in [2.24, 2.45) is 0 Å². The summed E-state index contributed by atoms with van der Waals surface area (Å²) in [4.78, 5) is 11.0. The second-order valence-electron chi connectivity index (χ2n) is 3.49. The Morgan fingerprint density at radius 1 is 1.20 bits per heavy atom. The highest BCUT2D eigenvalue weighted by Gasteiger charge is 2.31. The fourth-order valence-electron chi connectivity index (χ4n) is 1.32. The van der Waals surface area contributed by atoms with Crippen LogP contribution in [0.4, 0.5) is 30.8 Å². The number of nitrogens with one attached hydrogen (secondary N) is 1. The van der Waals surface area contributed by atoms with E-state index in [9.17, 15) is 13.2 Å². The number of hydrogen-bond donors (Lipinski definition) is 2. The number of halogens is 4. The topological polar surface area (TPSA) is 86.0 Å². The van der Waals surface area contributed by atoms with Crippen LogP contribution in [0.1, 0.15) is 0 Å². The van der Waals surface area contributed by atoms with Crippen molar-refractivity contribution in [2.45, 2.75) is 6.36 Å². The van der Waals surface area contributed by atoms with E-state index >= 15 is 0 Å². The minimum Gasteiger partial charge on any atom is -0.406 e. The zero-order valence-corrected chi connectivity index (χ0v) is 10.4. The minimum atomic E-state index is -4.76. The Balaban J connectivity index is 2.19. The van der Waals surface area contributed by atoms with E-state index in [2.05, 4.69) is 25.0 Å². The molecule has 0 saturated heterocycles. The molecule has 0 aliphatic rings. The van der Waals surface area contributed by atoms with Gasteiger partial charge in [0.1, 0.15) is 5.75 Å². The zero-order chi connectivity index (χ0) is 14.8. The number of benzene rings is 1. The summed E-state index contributed by atoms with van der Waals surface area (Å²) >= 11 is 5.58. The van der Waals surface area contributed by atoms with Crippen LogP contribution >= 0.6 is 11.6 Å². The average molecular weight is 306 g/mol. The van der Waals surface area contributed by atoms with Crippen LogP contribution in [0.2, 0.25) is 5.28 Å². The maximum absolute atomic E-state index is 12.1. The highest BCUT2D eigenvalue weighted by atomic mass is 35.5. The minimum absolute atomic E-state index is 0.00617. The Labute approximate surface area is 115 Å². The largest absolute Gasteiger partial charge is 0.573 e. The van der Waals surface area contributed by atoms with Crippen LogP contribution < -0.4 is 15.8 Å². The Kier molecular flexibility index (Phi) is 3.79. The Bertz CT molecular complexity index is 602. The lowest BCUT2D eigenvalue weighted by Gasteiger charge is -2.10. The molecule has 0 aliphatic carbocycles. The van der Waals surface area contributed by atoms with Crippen molar-refractivity contribution in [1.29, 1.82) is 0 Å². The molecule has 20 heavy (non-hydrogen) atoms. The molecule has 0 atom stereocenters. The molecule has 0 saturated carbocycles.